The zero-order valence-electron chi connectivity index (χ0n) is 11.5. The van der Waals surface area contributed by atoms with Crippen LogP contribution in [0.15, 0.2) is 12.3 Å². The summed E-state index contributed by atoms with van der Waals surface area (Å²) in [5.74, 6) is -1.78. The van der Waals surface area contributed by atoms with E-state index in [9.17, 15) is 19.7 Å². The number of nitrogens with zero attached hydrogens (tertiary/aromatic N) is 2. The number of hydrogen-bond donors (Lipinski definition) is 2. The maximum absolute atomic E-state index is 12.1. The number of aliphatic carboxylic acids is 1. The van der Waals surface area contributed by atoms with Gasteiger partial charge in [-0.05, 0) is 20.3 Å². The van der Waals surface area contributed by atoms with Crippen molar-refractivity contribution in [2.24, 2.45) is 0 Å². The van der Waals surface area contributed by atoms with Crippen molar-refractivity contribution in [1.29, 1.82) is 0 Å². The predicted molar refractivity (Wildman–Crippen MR) is 70.7 cm³/mol. The van der Waals surface area contributed by atoms with Gasteiger partial charge >= 0.3 is 5.97 Å². The highest BCUT2D eigenvalue weighted by molar-refractivity contribution is 5.96. The van der Waals surface area contributed by atoms with E-state index in [0.29, 0.717) is 0 Å². The molecule has 0 aliphatic heterocycles. The molecule has 1 heterocycles. The minimum Gasteiger partial charge on any atom is -0.480 e. The highest BCUT2D eigenvalue weighted by atomic mass is 16.6. The van der Waals surface area contributed by atoms with E-state index in [1.807, 2.05) is 0 Å². The van der Waals surface area contributed by atoms with Crippen LogP contribution in [-0.2, 0) is 4.79 Å². The second-order valence-corrected chi connectivity index (χ2v) is 4.61. The molecule has 0 spiro atoms. The van der Waals surface area contributed by atoms with Crippen molar-refractivity contribution in [1.82, 2.24) is 9.88 Å². The van der Waals surface area contributed by atoms with E-state index in [2.05, 4.69) is 5.32 Å². The Morgan fingerprint density at radius 2 is 2.10 bits per heavy atom. The molecule has 0 radical (unpaired) electrons. The number of rotatable bonds is 6. The summed E-state index contributed by atoms with van der Waals surface area (Å²) in [6.07, 6.45) is 1.49. The molecular weight excluding hydrogens is 266 g/mol. The summed E-state index contributed by atoms with van der Waals surface area (Å²) < 4.78 is 1.45. The molecule has 0 aromatic carbocycles. The highest BCUT2D eigenvalue weighted by Crippen LogP contribution is 2.20. The van der Waals surface area contributed by atoms with E-state index >= 15 is 0 Å². The van der Waals surface area contributed by atoms with Gasteiger partial charge in [0, 0.05) is 12.1 Å². The van der Waals surface area contributed by atoms with Crippen LogP contribution >= 0.6 is 0 Å². The molecule has 8 heteroatoms. The molecule has 0 saturated carbocycles. The van der Waals surface area contributed by atoms with E-state index in [1.165, 1.54) is 10.8 Å². The third kappa shape index (κ3) is 3.34. The number of carboxylic acid groups (broad SMARTS) is 1. The average molecular weight is 283 g/mol. The number of hydrogen-bond acceptors (Lipinski definition) is 4. The molecule has 0 aliphatic carbocycles. The first-order valence-electron chi connectivity index (χ1n) is 6.17. The fraction of sp³-hybridized carbons (Fsp3) is 0.500. The molecule has 20 heavy (non-hydrogen) atoms. The standard InChI is InChI=1S/C12H17N3O5/c1-4-9(12(17)18)13-11(16)10-5-8(15(19)20)6-14(10)7(2)3/h5-7,9H,4H2,1-3H3,(H,13,16)(H,17,18)/t9-/m1/s1. The van der Waals surface area contributed by atoms with E-state index in [4.69, 9.17) is 5.11 Å². The molecule has 1 aromatic heterocycles. The van der Waals surface area contributed by atoms with Gasteiger partial charge in [-0.2, -0.15) is 0 Å². The molecule has 0 fully saturated rings. The average Bonchev–Trinajstić information content (AvgIpc) is 2.80. The van der Waals surface area contributed by atoms with Crippen molar-refractivity contribution < 1.29 is 19.6 Å². The highest BCUT2D eigenvalue weighted by Gasteiger charge is 2.24. The minimum atomic E-state index is -1.14. The van der Waals surface area contributed by atoms with Gasteiger partial charge in [0.1, 0.15) is 11.7 Å². The Balaban J connectivity index is 3.08. The largest absolute Gasteiger partial charge is 0.480 e. The molecule has 1 aromatic rings. The Hall–Kier alpha value is -2.38. The lowest BCUT2D eigenvalue weighted by molar-refractivity contribution is -0.384. The lowest BCUT2D eigenvalue weighted by Gasteiger charge is -2.15. The van der Waals surface area contributed by atoms with E-state index in [1.54, 1.807) is 20.8 Å². The molecule has 0 aliphatic rings. The van der Waals surface area contributed by atoms with Crippen molar-refractivity contribution >= 4 is 17.6 Å². The van der Waals surface area contributed by atoms with Crippen LogP contribution in [0.5, 0.6) is 0 Å². The fourth-order valence-electron chi connectivity index (χ4n) is 1.74. The number of amides is 1. The smallest absolute Gasteiger partial charge is 0.326 e. The van der Waals surface area contributed by atoms with Crippen LogP contribution in [0.3, 0.4) is 0 Å². The van der Waals surface area contributed by atoms with E-state index in [-0.39, 0.29) is 23.8 Å². The van der Waals surface area contributed by atoms with Crippen LogP contribution in [0.2, 0.25) is 0 Å². The third-order valence-electron chi connectivity index (χ3n) is 2.85. The first-order valence-corrected chi connectivity index (χ1v) is 6.17. The van der Waals surface area contributed by atoms with Crippen LogP contribution < -0.4 is 5.32 Å². The Kier molecular flexibility index (Phi) is 4.84. The van der Waals surface area contributed by atoms with Gasteiger partial charge in [0.05, 0.1) is 11.1 Å². The van der Waals surface area contributed by atoms with Crippen LogP contribution in [-0.4, -0.2) is 32.5 Å². The number of carbonyl (C=O) groups is 2. The van der Waals surface area contributed by atoms with Crippen molar-refractivity contribution in [3.63, 3.8) is 0 Å². The zero-order valence-corrected chi connectivity index (χ0v) is 11.5. The fourth-order valence-corrected chi connectivity index (χ4v) is 1.74. The van der Waals surface area contributed by atoms with E-state index < -0.39 is 22.8 Å². The first kappa shape index (κ1) is 15.7. The molecule has 1 amide bonds. The summed E-state index contributed by atoms with van der Waals surface area (Å²) in [7, 11) is 0. The Morgan fingerprint density at radius 3 is 2.50 bits per heavy atom. The summed E-state index contributed by atoms with van der Waals surface area (Å²) >= 11 is 0. The number of carbonyl (C=O) groups excluding carboxylic acids is 1. The molecule has 8 nitrogen and oxygen atoms in total. The van der Waals surface area contributed by atoms with Gasteiger partial charge in [-0.25, -0.2) is 4.79 Å². The molecule has 2 N–H and O–H groups in total. The number of carboxylic acids is 1. The van der Waals surface area contributed by atoms with Gasteiger partial charge in [0.2, 0.25) is 0 Å². The van der Waals surface area contributed by atoms with Crippen molar-refractivity contribution in [2.45, 2.75) is 39.3 Å². The van der Waals surface area contributed by atoms with Crippen LogP contribution in [0.25, 0.3) is 0 Å². The first-order chi connectivity index (χ1) is 9.27. The lowest BCUT2D eigenvalue weighted by Crippen LogP contribution is -2.41. The second-order valence-electron chi connectivity index (χ2n) is 4.61. The van der Waals surface area contributed by atoms with E-state index in [0.717, 1.165) is 6.07 Å². The second kappa shape index (κ2) is 6.18. The topological polar surface area (TPSA) is 114 Å². The Morgan fingerprint density at radius 1 is 1.50 bits per heavy atom. The SMILES string of the molecule is CC[C@@H](NC(=O)c1cc([N+](=O)[O-])cn1C(C)C)C(=O)O. The van der Waals surface area contributed by atoms with Gasteiger partial charge in [0.15, 0.2) is 0 Å². The Labute approximate surface area is 115 Å². The zero-order chi connectivity index (χ0) is 15.4. The third-order valence-corrected chi connectivity index (χ3v) is 2.85. The summed E-state index contributed by atoms with van der Waals surface area (Å²) in [5, 5.41) is 22.0. The van der Waals surface area contributed by atoms with Gasteiger partial charge in [-0.15, -0.1) is 0 Å². The maximum atomic E-state index is 12.1. The summed E-state index contributed by atoms with van der Waals surface area (Å²) in [5.41, 5.74) is -0.126. The van der Waals surface area contributed by atoms with Crippen molar-refractivity contribution in [2.75, 3.05) is 0 Å². The molecule has 1 rings (SSSR count). The summed E-state index contributed by atoms with van der Waals surface area (Å²) in [4.78, 5) is 33.1. The summed E-state index contributed by atoms with van der Waals surface area (Å²) in [6.45, 7) is 5.17. The van der Waals surface area contributed by atoms with Crippen LogP contribution in [0.1, 0.15) is 43.7 Å². The van der Waals surface area contributed by atoms with Crippen molar-refractivity contribution in [3.05, 3.63) is 28.1 Å². The number of nitro groups is 1. The Bertz CT molecular complexity index is 535. The lowest BCUT2D eigenvalue weighted by atomic mass is 10.2. The monoisotopic (exact) mass is 283 g/mol. The predicted octanol–water partition coefficient (Wildman–Crippen LogP) is 1.57. The van der Waals surface area contributed by atoms with Gasteiger partial charge < -0.3 is 15.0 Å². The molecule has 0 saturated heterocycles. The van der Waals surface area contributed by atoms with Crippen LogP contribution in [0.4, 0.5) is 5.69 Å². The van der Waals surface area contributed by atoms with Gasteiger partial charge in [0.25, 0.3) is 11.6 Å². The summed E-state index contributed by atoms with van der Waals surface area (Å²) in [6, 6.07) is -0.0318. The normalized spacial score (nSPS) is 12.2. The number of nitrogens with one attached hydrogen (secondary N) is 1. The molecule has 0 unspecified atom stereocenters. The molecule has 110 valence electrons. The minimum absolute atomic E-state index is 0.0754. The van der Waals surface area contributed by atoms with Crippen molar-refractivity contribution in [3.8, 4) is 0 Å². The quantitative estimate of drug-likeness (QED) is 0.607. The molecule has 1 atom stereocenters. The maximum Gasteiger partial charge on any atom is 0.326 e. The molecule has 0 bridgehead atoms. The van der Waals surface area contributed by atoms with Crippen LogP contribution in [0, 0.1) is 10.1 Å². The number of aromatic nitrogens is 1. The van der Waals surface area contributed by atoms with Gasteiger partial charge in [-0.3, -0.25) is 14.9 Å². The van der Waals surface area contributed by atoms with Gasteiger partial charge in [-0.1, -0.05) is 6.92 Å². The molecular formula is C12H17N3O5.